The van der Waals surface area contributed by atoms with Crippen molar-refractivity contribution in [3.63, 3.8) is 0 Å². The van der Waals surface area contributed by atoms with Crippen molar-refractivity contribution in [1.82, 2.24) is 0 Å². The van der Waals surface area contributed by atoms with E-state index in [0.717, 1.165) is 5.56 Å². The topological polar surface area (TPSA) is 23.5 Å². The molecule has 0 unspecified atom stereocenters. The molecule has 0 aromatic heterocycles. The van der Waals surface area contributed by atoms with E-state index in [1.54, 1.807) is 11.8 Å². The summed E-state index contributed by atoms with van der Waals surface area (Å²) in [5, 5.41) is 9.32. The molecule has 1 heterocycles. The summed E-state index contributed by atoms with van der Waals surface area (Å²) < 4.78 is 0. The van der Waals surface area contributed by atoms with E-state index in [1.165, 1.54) is 21.2 Å². The molecule has 1 aliphatic rings. The first-order chi connectivity index (χ1) is 9.15. The van der Waals surface area contributed by atoms with Gasteiger partial charge in [-0.25, -0.2) is 0 Å². The summed E-state index contributed by atoms with van der Waals surface area (Å²) in [7, 11) is 2.08. The Hall–Kier alpha value is -1.87. The zero-order valence-corrected chi connectivity index (χ0v) is 11.6. The standard InChI is InChI=1S/C16H15NOS/c1-11(18)9-12-7-8-16-14(10-12)17(2)13-5-3-4-6-15(13)19-16/h3-8,10,18H,1,9H2,2H3. The molecule has 1 aliphatic heterocycles. The molecule has 96 valence electrons. The Balaban J connectivity index is 2.03. The summed E-state index contributed by atoms with van der Waals surface area (Å²) in [5.74, 6) is 0.200. The maximum atomic E-state index is 9.32. The maximum absolute atomic E-state index is 9.32. The monoisotopic (exact) mass is 269 g/mol. The minimum atomic E-state index is 0.200. The van der Waals surface area contributed by atoms with Crippen molar-refractivity contribution in [2.45, 2.75) is 16.2 Å². The van der Waals surface area contributed by atoms with E-state index in [9.17, 15) is 5.11 Å². The van der Waals surface area contributed by atoms with Crippen LogP contribution in [0.25, 0.3) is 0 Å². The van der Waals surface area contributed by atoms with Crippen LogP contribution in [0.1, 0.15) is 5.56 Å². The summed E-state index contributed by atoms with van der Waals surface area (Å²) in [6, 6.07) is 14.7. The first kappa shape index (κ1) is 12.2. The fourth-order valence-electron chi connectivity index (χ4n) is 2.33. The second-order valence-electron chi connectivity index (χ2n) is 4.67. The van der Waals surface area contributed by atoms with E-state index in [1.807, 2.05) is 0 Å². The molecule has 0 atom stereocenters. The molecule has 1 N–H and O–H groups in total. The van der Waals surface area contributed by atoms with Crippen molar-refractivity contribution in [3.8, 4) is 0 Å². The van der Waals surface area contributed by atoms with Gasteiger partial charge in [0.15, 0.2) is 0 Å². The van der Waals surface area contributed by atoms with Crippen LogP contribution in [-0.4, -0.2) is 12.2 Å². The molecule has 0 amide bonds. The van der Waals surface area contributed by atoms with Crippen LogP contribution >= 0.6 is 11.8 Å². The molecule has 0 saturated heterocycles. The lowest BCUT2D eigenvalue weighted by molar-refractivity contribution is 0.401. The highest BCUT2D eigenvalue weighted by Gasteiger charge is 2.20. The highest BCUT2D eigenvalue weighted by Crippen LogP contribution is 2.47. The molecule has 0 bridgehead atoms. The van der Waals surface area contributed by atoms with Gasteiger partial charge in [-0.15, -0.1) is 0 Å². The Morgan fingerprint density at radius 2 is 1.89 bits per heavy atom. The summed E-state index contributed by atoms with van der Waals surface area (Å²) in [4.78, 5) is 4.72. The van der Waals surface area contributed by atoms with E-state index in [2.05, 4.69) is 61.0 Å². The smallest absolute Gasteiger partial charge is 0.0894 e. The van der Waals surface area contributed by atoms with Crippen molar-refractivity contribution >= 4 is 23.1 Å². The van der Waals surface area contributed by atoms with Crippen molar-refractivity contribution < 1.29 is 5.11 Å². The van der Waals surface area contributed by atoms with E-state index < -0.39 is 0 Å². The molecule has 3 heteroatoms. The Bertz CT molecular complexity index is 651. The number of hydrogen-bond acceptors (Lipinski definition) is 3. The molecular weight excluding hydrogens is 254 g/mol. The third kappa shape index (κ3) is 2.22. The van der Waals surface area contributed by atoms with Crippen molar-refractivity contribution in [1.29, 1.82) is 0 Å². The third-order valence-corrected chi connectivity index (χ3v) is 4.37. The molecule has 19 heavy (non-hydrogen) atoms. The number of fused-ring (bicyclic) bond motifs is 2. The maximum Gasteiger partial charge on any atom is 0.0894 e. The quantitative estimate of drug-likeness (QED) is 0.810. The van der Waals surface area contributed by atoms with Crippen molar-refractivity contribution in [2.75, 3.05) is 11.9 Å². The summed E-state index contributed by atoms with van der Waals surface area (Å²) in [5.41, 5.74) is 3.49. The number of aliphatic hydroxyl groups is 1. The van der Waals surface area contributed by atoms with Crippen LogP contribution in [0.2, 0.25) is 0 Å². The van der Waals surface area contributed by atoms with Gasteiger partial charge in [0.2, 0.25) is 0 Å². The van der Waals surface area contributed by atoms with Crippen LogP contribution in [0.4, 0.5) is 11.4 Å². The van der Waals surface area contributed by atoms with Gasteiger partial charge in [0.1, 0.15) is 0 Å². The number of anilines is 2. The second-order valence-corrected chi connectivity index (χ2v) is 5.76. The Morgan fingerprint density at radius 3 is 2.68 bits per heavy atom. The summed E-state index contributed by atoms with van der Waals surface area (Å²) >= 11 is 1.79. The van der Waals surface area contributed by atoms with Crippen LogP contribution in [-0.2, 0) is 6.42 Å². The van der Waals surface area contributed by atoms with Gasteiger partial charge < -0.3 is 10.0 Å². The molecule has 2 nitrogen and oxygen atoms in total. The van der Waals surface area contributed by atoms with Crippen molar-refractivity contribution in [2.24, 2.45) is 0 Å². The number of para-hydroxylation sites is 1. The Labute approximate surface area is 117 Å². The molecule has 0 aliphatic carbocycles. The molecule has 0 radical (unpaired) electrons. The molecule has 0 saturated carbocycles. The highest BCUT2D eigenvalue weighted by molar-refractivity contribution is 7.99. The van der Waals surface area contributed by atoms with Crippen molar-refractivity contribution in [3.05, 3.63) is 60.4 Å². The fraction of sp³-hybridized carbons (Fsp3) is 0.125. The Morgan fingerprint density at radius 1 is 1.16 bits per heavy atom. The van der Waals surface area contributed by atoms with Gasteiger partial charge in [0.05, 0.1) is 17.1 Å². The summed E-state index contributed by atoms with van der Waals surface area (Å²) in [6.07, 6.45) is 0.507. The van der Waals surface area contributed by atoms with Gasteiger partial charge in [0, 0.05) is 23.3 Å². The van der Waals surface area contributed by atoms with Gasteiger partial charge in [-0.05, 0) is 29.8 Å². The molecule has 2 aromatic rings. The molecule has 3 rings (SSSR count). The largest absolute Gasteiger partial charge is 0.513 e. The minimum Gasteiger partial charge on any atom is -0.513 e. The number of nitrogens with zero attached hydrogens (tertiary/aromatic N) is 1. The number of rotatable bonds is 2. The number of aliphatic hydroxyl groups excluding tert-OH is 1. The predicted octanol–water partition coefficient (Wildman–Crippen LogP) is 4.53. The predicted molar refractivity (Wildman–Crippen MR) is 80.5 cm³/mol. The zero-order chi connectivity index (χ0) is 13.4. The van der Waals surface area contributed by atoms with Gasteiger partial charge in [-0.2, -0.15) is 0 Å². The van der Waals surface area contributed by atoms with Gasteiger partial charge in [-0.3, -0.25) is 0 Å². The third-order valence-electron chi connectivity index (χ3n) is 3.24. The van der Waals surface area contributed by atoms with E-state index in [4.69, 9.17) is 0 Å². The zero-order valence-electron chi connectivity index (χ0n) is 10.8. The van der Waals surface area contributed by atoms with E-state index in [0.29, 0.717) is 6.42 Å². The van der Waals surface area contributed by atoms with Crippen LogP contribution in [0.15, 0.2) is 64.6 Å². The summed E-state index contributed by atoms with van der Waals surface area (Å²) in [6.45, 7) is 3.55. The van der Waals surface area contributed by atoms with Crippen LogP contribution in [0.5, 0.6) is 0 Å². The molecule has 0 fully saturated rings. The lowest BCUT2D eigenvalue weighted by Crippen LogP contribution is -2.14. The average molecular weight is 269 g/mol. The minimum absolute atomic E-state index is 0.200. The second kappa shape index (κ2) is 4.67. The van der Waals surface area contributed by atoms with E-state index >= 15 is 0 Å². The van der Waals surface area contributed by atoms with E-state index in [-0.39, 0.29) is 5.76 Å². The lowest BCUT2D eigenvalue weighted by atomic mass is 10.1. The van der Waals surface area contributed by atoms with Crippen LogP contribution in [0.3, 0.4) is 0 Å². The SMILES string of the molecule is C=C(O)Cc1ccc2c(c1)N(C)c1ccccc1S2. The number of allylic oxidation sites excluding steroid dienone is 1. The Kier molecular flexibility index (Phi) is 2.99. The van der Waals surface area contributed by atoms with Gasteiger partial charge in [-0.1, -0.05) is 36.5 Å². The van der Waals surface area contributed by atoms with Crippen LogP contribution in [0, 0.1) is 0 Å². The fourth-order valence-corrected chi connectivity index (χ4v) is 3.46. The normalized spacial score (nSPS) is 12.8. The first-order valence-electron chi connectivity index (χ1n) is 6.15. The lowest BCUT2D eigenvalue weighted by Gasteiger charge is -2.29. The average Bonchev–Trinajstić information content (AvgIpc) is 2.39. The first-order valence-corrected chi connectivity index (χ1v) is 6.97. The van der Waals surface area contributed by atoms with Gasteiger partial charge >= 0.3 is 0 Å². The van der Waals surface area contributed by atoms with Crippen LogP contribution < -0.4 is 4.90 Å². The van der Waals surface area contributed by atoms with Gasteiger partial charge in [0.25, 0.3) is 0 Å². The molecule has 0 spiro atoms. The number of benzene rings is 2. The molecular formula is C16H15NOS. The molecule has 2 aromatic carbocycles. The number of hydrogen-bond donors (Lipinski definition) is 1. The highest BCUT2D eigenvalue weighted by atomic mass is 32.2.